The van der Waals surface area contributed by atoms with Crippen molar-refractivity contribution in [2.24, 2.45) is 5.41 Å². The van der Waals surface area contributed by atoms with Gasteiger partial charge in [-0.25, -0.2) is 4.79 Å². The molecule has 116 valence electrons. The summed E-state index contributed by atoms with van der Waals surface area (Å²) in [5.74, 6) is -0.897. The summed E-state index contributed by atoms with van der Waals surface area (Å²) < 4.78 is 0. The molecule has 1 rings (SSSR count). The number of rotatable bonds is 6. The molecule has 0 atom stereocenters. The van der Waals surface area contributed by atoms with E-state index < -0.39 is 17.4 Å². The molecule has 6 heteroatoms. The van der Waals surface area contributed by atoms with Gasteiger partial charge >= 0.3 is 12.0 Å². The number of anilines is 1. The van der Waals surface area contributed by atoms with Crippen molar-refractivity contribution in [1.82, 2.24) is 5.32 Å². The van der Waals surface area contributed by atoms with Crippen molar-refractivity contribution in [2.75, 3.05) is 11.9 Å². The standard InChI is InChI=1S/C15H21ClN2O3/c1-4-15(5-2,13(19)20)9-17-14(21)18-12-8-6-7-11(16)10(12)3/h6-8H,4-5,9H2,1-3H3,(H,19,20)(H2,17,18,21). The number of carbonyl (C=O) groups excluding carboxylic acids is 1. The molecular weight excluding hydrogens is 292 g/mol. The largest absolute Gasteiger partial charge is 0.481 e. The number of nitrogens with one attached hydrogen (secondary N) is 2. The molecule has 2 amide bonds. The number of urea groups is 1. The molecule has 1 aromatic rings. The first-order valence-corrected chi connectivity index (χ1v) is 7.27. The first-order chi connectivity index (χ1) is 9.86. The number of benzene rings is 1. The number of carboxylic acids is 1. The summed E-state index contributed by atoms with van der Waals surface area (Å²) in [6, 6.07) is 4.78. The number of aliphatic carboxylic acids is 1. The Morgan fingerprint density at radius 2 is 1.90 bits per heavy atom. The Labute approximate surface area is 129 Å². The highest BCUT2D eigenvalue weighted by molar-refractivity contribution is 6.31. The maximum absolute atomic E-state index is 11.9. The third kappa shape index (κ3) is 4.11. The molecular formula is C15H21ClN2O3. The van der Waals surface area contributed by atoms with E-state index in [9.17, 15) is 14.7 Å². The highest BCUT2D eigenvalue weighted by atomic mass is 35.5. The van der Waals surface area contributed by atoms with Crippen LogP contribution in [0.4, 0.5) is 10.5 Å². The van der Waals surface area contributed by atoms with E-state index in [1.54, 1.807) is 39.0 Å². The van der Waals surface area contributed by atoms with E-state index in [1.165, 1.54) is 0 Å². The van der Waals surface area contributed by atoms with Crippen LogP contribution in [0.15, 0.2) is 18.2 Å². The van der Waals surface area contributed by atoms with Crippen molar-refractivity contribution in [3.63, 3.8) is 0 Å². The van der Waals surface area contributed by atoms with Crippen LogP contribution in [-0.4, -0.2) is 23.7 Å². The quantitative estimate of drug-likeness (QED) is 0.750. The van der Waals surface area contributed by atoms with Gasteiger partial charge < -0.3 is 15.7 Å². The number of carbonyl (C=O) groups is 2. The minimum atomic E-state index is -0.930. The topological polar surface area (TPSA) is 78.4 Å². The summed E-state index contributed by atoms with van der Waals surface area (Å²) in [6.07, 6.45) is 0.907. The summed E-state index contributed by atoms with van der Waals surface area (Å²) in [7, 11) is 0. The van der Waals surface area contributed by atoms with Gasteiger partial charge in [-0.1, -0.05) is 31.5 Å². The number of carboxylic acid groups (broad SMARTS) is 1. The third-order valence-electron chi connectivity index (χ3n) is 3.91. The predicted octanol–water partition coefficient (Wildman–Crippen LogP) is 3.66. The second-order valence-corrected chi connectivity index (χ2v) is 5.42. The molecule has 0 aliphatic heterocycles. The second kappa shape index (κ2) is 7.31. The van der Waals surface area contributed by atoms with Gasteiger partial charge in [0.2, 0.25) is 0 Å². The number of halogens is 1. The summed E-state index contributed by atoms with van der Waals surface area (Å²) in [6.45, 7) is 5.50. The summed E-state index contributed by atoms with van der Waals surface area (Å²) in [5.41, 5.74) is 0.444. The zero-order chi connectivity index (χ0) is 16.0. The monoisotopic (exact) mass is 312 g/mol. The van der Waals surface area contributed by atoms with E-state index in [2.05, 4.69) is 10.6 Å². The molecule has 1 aromatic carbocycles. The predicted molar refractivity (Wildman–Crippen MR) is 83.9 cm³/mol. The first-order valence-electron chi connectivity index (χ1n) is 6.89. The van der Waals surface area contributed by atoms with Gasteiger partial charge in [-0.05, 0) is 37.5 Å². The van der Waals surface area contributed by atoms with Gasteiger partial charge in [-0.2, -0.15) is 0 Å². The molecule has 0 aliphatic carbocycles. The molecule has 0 saturated heterocycles. The molecule has 0 bridgehead atoms. The molecule has 0 radical (unpaired) electrons. The van der Waals surface area contributed by atoms with E-state index in [-0.39, 0.29) is 6.54 Å². The van der Waals surface area contributed by atoms with Gasteiger partial charge in [0.15, 0.2) is 0 Å². The van der Waals surface area contributed by atoms with Crippen molar-refractivity contribution in [3.8, 4) is 0 Å². The van der Waals surface area contributed by atoms with E-state index in [0.717, 1.165) is 5.56 Å². The fourth-order valence-corrected chi connectivity index (χ4v) is 2.21. The molecule has 0 heterocycles. The molecule has 0 spiro atoms. The lowest BCUT2D eigenvalue weighted by Crippen LogP contribution is -2.43. The minimum Gasteiger partial charge on any atom is -0.481 e. The molecule has 5 nitrogen and oxygen atoms in total. The molecule has 0 saturated carbocycles. The lowest BCUT2D eigenvalue weighted by atomic mass is 9.82. The smallest absolute Gasteiger partial charge is 0.319 e. The minimum absolute atomic E-state index is 0.0841. The Morgan fingerprint density at radius 3 is 2.43 bits per heavy atom. The van der Waals surface area contributed by atoms with Crippen LogP contribution >= 0.6 is 11.6 Å². The average molecular weight is 313 g/mol. The van der Waals surface area contributed by atoms with Crippen LogP contribution in [0, 0.1) is 12.3 Å². The average Bonchev–Trinajstić information content (AvgIpc) is 2.45. The van der Waals surface area contributed by atoms with E-state index >= 15 is 0 Å². The van der Waals surface area contributed by atoms with Gasteiger partial charge in [-0.3, -0.25) is 4.79 Å². The van der Waals surface area contributed by atoms with Crippen molar-refractivity contribution >= 4 is 29.3 Å². The Balaban J connectivity index is 2.70. The maximum Gasteiger partial charge on any atom is 0.319 e. The molecule has 0 fully saturated rings. The van der Waals surface area contributed by atoms with Gasteiger partial charge in [-0.15, -0.1) is 0 Å². The van der Waals surface area contributed by atoms with E-state index in [0.29, 0.717) is 23.6 Å². The van der Waals surface area contributed by atoms with Crippen molar-refractivity contribution in [2.45, 2.75) is 33.6 Å². The number of amides is 2. The second-order valence-electron chi connectivity index (χ2n) is 5.01. The fraction of sp³-hybridized carbons (Fsp3) is 0.467. The molecule has 21 heavy (non-hydrogen) atoms. The Bertz CT molecular complexity index is 528. The zero-order valence-electron chi connectivity index (χ0n) is 12.5. The van der Waals surface area contributed by atoms with Crippen molar-refractivity contribution in [1.29, 1.82) is 0 Å². The Kier molecular flexibility index (Phi) is 6.03. The first kappa shape index (κ1) is 17.3. The SMILES string of the molecule is CCC(CC)(CNC(=O)Nc1cccc(Cl)c1C)C(=O)O. The van der Waals surface area contributed by atoms with Crippen LogP contribution in [0.25, 0.3) is 0 Å². The van der Waals surface area contributed by atoms with Crippen LogP contribution < -0.4 is 10.6 Å². The lowest BCUT2D eigenvalue weighted by Gasteiger charge is -2.26. The van der Waals surface area contributed by atoms with E-state index in [1.807, 2.05) is 0 Å². The van der Waals surface area contributed by atoms with Crippen LogP contribution in [0.2, 0.25) is 5.02 Å². The van der Waals surface area contributed by atoms with Crippen molar-refractivity contribution < 1.29 is 14.7 Å². The van der Waals surface area contributed by atoms with Crippen LogP contribution in [-0.2, 0) is 4.79 Å². The Hall–Kier alpha value is -1.75. The normalized spacial score (nSPS) is 11.0. The van der Waals surface area contributed by atoms with Gasteiger partial charge in [0.25, 0.3) is 0 Å². The fourth-order valence-electron chi connectivity index (χ4n) is 2.04. The van der Waals surface area contributed by atoms with Crippen LogP contribution in [0.5, 0.6) is 0 Å². The van der Waals surface area contributed by atoms with Gasteiger partial charge in [0, 0.05) is 17.3 Å². The number of hydrogen-bond acceptors (Lipinski definition) is 2. The summed E-state index contributed by atoms with van der Waals surface area (Å²) in [4.78, 5) is 23.3. The lowest BCUT2D eigenvalue weighted by molar-refractivity contribution is -0.149. The summed E-state index contributed by atoms with van der Waals surface area (Å²) in [5, 5.41) is 15.2. The number of hydrogen-bond donors (Lipinski definition) is 3. The van der Waals surface area contributed by atoms with Crippen molar-refractivity contribution in [3.05, 3.63) is 28.8 Å². The highest BCUT2D eigenvalue weighted by Gasteiger charge is 2.35. The summed E-state index contributed by atoms with van der Waals surface area (Å²) >= 11 is 5.98. The Morgan fingerprint density at radius 1 is 1.29 bits per heavy atom. The third-order valence-corrected chi connectivity index (χ3v) is 4.32. The van der Waals surface area contributed by atoms with Crippen LogP contribution in [0.3, 0.4) is 0 Å². The maximum atomic E-state index is 11.9. The highest BCUT2D eigenvalue weighted by Crippen LogP contribution is 2.26. The van der Waals surface area contributed by atoms with Gasteiger partial charge in [0.1, 0.15) is 0 Å². The zero-order valence-corrected chi connectivity index (χ0v) is 13.3. The molecule has 3 N–H and O–H groups in total. The van der Waals surface area contributed by atoms with E-state index in [4.69, 9.17) is 11.6 Å². The molecule has 0 aliphatic rings. The molecule has 0 aromatic heterocycles. The van der Waals surface area contributed by atoms with Crippen LogP contribution in [0.1, 0.15) is 32.3 Å². The van der Waals surface area contributed by atoms with Gasteiger partial charge in [0.05, 0.1) is 5.41 Å². The molecule has 0 unspecified atom stereocenters.